The second-order valence-electron chi connectivity index (χ2n) is 5.22. The first-order valence-electron chi connectivity index (χ1n) is 6.33. The summed E-state index contributed by atoms with van der Waals surface area (Å²) in [7, 11) is 0. The molecule has 0 saturated heterocycles. The topological polar surface area (TPSA) is 27.1 Å². The molecule has 3 atom stereocenters. The van der Waals surface area contributed by atoms with Crippen molar-refractivity contribution in [1.82, 2.24) is 9.55 Å². The van der Waals surface area contributed by atoms with Crippen LogP contribution in [0.5, 0.6) is 6.01 Å². The Morgan fingerprint density at radius 3 is 3.00 bits per heavy atom. The Kier molecular flexibility index (Phi) is 2.54. The summed E-state index contributed by atoms with van der Waals surface area (Å²) < 4.78 is 21.3. The summed E-state index contributed by atoms with van der Waals surface area (Å²) in [5.74, 6) is 0.408. The van der Waals surface area contributed by atoms with E-state index >= 15 is 0 Å². The van der Waals surface area contributed by atoms with Crippen LogP contribution in [0.3, 0.4) is 0 Å². The predicted octanol–water partition coefficient (Wildman–Crippen LogP) is 3.19. The molecule has 96 valence electrons. The van der Waals surface area contributed by atoms with Crippen LogP contribution in [-0.4, -0.2) is 16.2 Å². The lowest BCUT2D eigenvalue weighted by Crippen LogP contribution is -2.22. The standard InChI is InChI=1S/C14H17FN2O/c1-8-4-11(15)5-12(10(8)3)13-7-18-14-16-6-9(2)17(13)14/h4-6,8,10,13H,7H2,1-3H3. The molecule has 0 fully saturated rings. The van der Waals surface area contributed by atoms with Gasteiger partial charge in [0.05, 0.1) is 12.2 Å². The van der Waals surface area contributed by atoms with Gasteiger partial charge in [0.15, 0.2) is 0 Å². The highest BCUT2D eigenvalue weighted by Crippen LogP contribution is 2.40. The highest BCUT2D eigenvalue weighted by Gasteiger charge is 2.34. The largest absolute Gasteiger partial charge is 0.462 e. The summed E-state index contributed by atoms with van der Waals surface area (Å²) in [6, 6.07) is 0.729. The number of imidazole rings is 1. The van der Waals surface area contributed by atoms with Gasteiger partial charge < -0.3 is 4.74 Å². The molecule has 1 aromatic rings. The van der Waals surface area contributed by atoms with Crippen molar-refractivity contribution in [2.24, 2.45) is 11.8 Å². The van der Waals surface area contributed by atoms with Crippen molar-refractivity contribution in [1.29, 1.82) is 0 Å². The molecule has 0 spiro atoms. The monoisotopic (exact) mass is 248 g/mol. The lowest BCUT2D eigenvalue weighted by Gasteiger charge is -2.28. The smallest absolute Gasteiger partial charge is 0.297 e. The average molecular weight is 248 g/mol. The van der Waals surface area contributed by atoms with Crippen LogP contribution in [0.1, 0.15) is 25.6 Å². The summed E-state index contributed by atoms with van der Waals surface area (Å²) in [4.78, 5) is 4.21. The van der Waals surface area contributed by atoms with Crippen molar-refractivity contribution in [3.63, 3.8) is 0 Å². The van der Waals surface area contributed by atoms with Gasteiger partial charge in [0.1, 0.15) is 12.4 Å². The molecule has 0 bridgehead atoms. The van der Waals surface area contributed by atoms with Crippen LogP contribution in [0.2, 0.25) is 0 Å². The van der Waals surface area contributed by atoms with Crippen LogP contribution < -0.4 is 4.74 Å². The third-order valence-electron chi connectivity index (χ3n) is 4.06. The maximum Gasteiger partial charge on any atom is 0.297 e. The van der Waals surface area contributed by atoms with E-state index in [0.717, 1.165) is 11.3 Å². The average Bonchev–Trinajstić information content (AvgIpc) is 2.88. The molecule has 1 aliphatic carbocycles. The molecule has 0 saturated carbocycles. The fraction of sp³-hybridized carbons (Fsp3) is 0.500. The second-order valence-corrected chi connectivity index (χ2v) is 5.22. The Labute approximate surface area is 106 Å². The summed E-state index contributed by atoms with van der Waals surface area (Å²) in [6.45, 7) is 6.75. The Balaban J connectivity index is 2.02. The maximum absolute atomic E-state index is 13.6. The van der Waals surface area contributed by atoms with Gasteiger partial charge in [0.2, 0.25) is 0 Å². The van der Waals surface area contributed by atoms with E-state index in [9.17, 15) is 4.39 Å². The van der Waals surface area contributed by atoms with E-state index in [1.807, 2.05) is 6.92 Å². The molecule has 1 aromatic heterocycles. The zero-order valence-electron chi connectivity index (χ0n) is 10.9. The zero-order valence-corrected chi connectivity index (χ0v) is 10.9. The summed E-state index contributed by atoms with van der Waals surface area (Å²) in [6.07, 6.45) is 5.14. The Bertz CT molecular complexity index is 544. The molecule has 3 nitrogen and oxygen atoms in total. The van der Waals surface area contributed by atoms with Crippen molar-refractivity contribution in [3.8, 4) is 6.01 Å². The molecule has 3 unspecified atom stereocenters. The predicted molar refractivity (Wildman–Crippen MR) is 67.1 cm³/mol. The number of nitrogens with zero attached hydrogens (tertiary/aromatic N) is 2. The van der Waals surface area contributed by atoms with E-state index in [-0.39, 0.29) is 17.8 Å². The third kappa shape index (κ3) is 1.59. The van der Waals surface area contributed by atoms with Gasteiger partial charge in [-0.25, -0.2) is 9.37 Å². The van der Waals surface area contributed by atoms with Crippen LogP contribution in [0, 0.1) is 18.8 Å². The molecular formula is C14H17FN2O. The number of rotatable bonds is 1. The number of halogens is 1. The van der Waals surface area contributed by atoms with E-state index in [1.54, 1.807) is 18.3 Å². The van der Waals surface area contributed by atoms with Crippen LogP contribution in [0.15, 0.2) is 29.7 Å². The second kappa shape index (κ2) is 3.97. The van der Waals surface area contributed by atoms with E-state index in [2.05, 4.69) is 23.4 Å². The quantitative estimate of drug-likeness (QED) is 0.763. The lowest BCUT2D eigenvalue weighted by atomic mass is 9.81. The molecule has 2 heterocycles. The molecule has 4 heteroatoms. The van der Waals surface area contributed by atoms with Gasteiger partial charge in [-0.05, 0) is 36.5 Å². The first-order valence-corrected chi connectivity index (χ1v) is 6.33. The SMILES string of the molecule is Cc1cnc2n1C(C1=CC(F)=CC(C)C1C)CO2. The van der Waals surface area contributed by atoms with E-state index in [4.69, 9.17) is 4.74 Å². The molecule has 18 heavy (non-hydrogen) atoms. The van der Waals surface area contributed by atoms with Gasteiger partial charge in [0, 0.05) is 5.69 Å². The summed E-state index contributed by atoms with van der Waals surface area (Å²) >= 11 is 0. The van der Waals surface area contributed by atoms with E-state index in [0.29, 0.717) is 18.5 Å². The normalized spacial score (nSPS) is 30.6. The number of hydrogen-bond acceptors (Lipinski definition) is 2. The third-order valence-corrected chi connectivity index (χ3v) is 4.06. The van der Waals surface area contributed by atoms with Gasteiger partial charge in [-0.3, -0.25) is 4.57 Å². The summed E-state index contributed by atoms with van der Waals surface area (Å²) in [5, 5.41) is 0. The van der Waals surface area contributed by atoms with Crippen LogP contribution in [-0.2, 0) is 0 Å². The zero-order chi connectivity index (χ0) is 12.9. The molecule has 1 aliphatic heterocycles. The fourth-order valence-electron chi connectivity index (χ4n) is 2.82. The Morgan fingerprint density at radius 2 is 2.22 bits per heavy atom. The molecule has 0 N–H and O–H groups in total. The fourth-order valence-corrected chi connectivity index (χ4v) is 2.82. The van der Waals surface area contributed by atoms with Crippen molar-refractivity contribution in [2.45, 2.75) is 26.8 Å². The minimum absolute atomic E-state index is 0.0828. The maximum atomic E-state index is 13.6. The molecule has 0 radical (unpaired) electrons. The van der Waals surface area contributed by atoms with E-state index in [1.165, 1.54) is 0 Å². The van der Waals surface area contributed by atoms with Crippen LogP contribution >= 0.6 is 0 Å². The highest BCUT2D eigenvalue weighted by atomic mass is 19.1. The van der Waals surface area contributed by atoms with Crippen molar-refractivity contribution in [3.05, 3.63) is 35.4 Å². The van der Waals surface area contributed by atoms with Gasteiger partial charge in [-0.15, -0.1) is 0 Å². The van der Waals surface area contributed by atoms with E-state index < -0.39 is 0 Å². The number of aromatic nitrogens is 2. The van der Waals surface area contributed by atoms with Gasteiger partial charge >= 0.3 is 0 Å². The van der Waals surface area contributed by atoms with Crippen molar-refractivity contribution < 1.29 is 9.13 Å². The molecular weight excluding hydrogens is 231 g/mol. The molecule has 0 aromatic carbocycles. The molecule has 3 rings (SSSR count). The van der Waals surface area contributed by atoms with Crippen molar-refractivity contribution >= 4 is 0 Å². The number of aryl methyl sites for hydroxylation is 1. The number of allylic oxidation sites excluding steroid dienone is 3. The Hall–Kier alpha value is -1.58. The van der Waals surface area contributed by atoms with Crippen LogP contribution in [0.4, 0.5) is 4.39 Å². The van der Waals surface area contributed by atoms with Crippen LogP contribution in [0.25, 0.3) is 0 Å². The Morgan fingerprint density at radius 1 is 1.44 bits per heavy atom. The highest BCUT2D eigenvalue weighted by molar-refractivity contribution is 5.32. The van der Waals surface area contributed by atoms with Gasteiger partial charge in [-0.2, -0.15) is 0 Å². The van der Waals surface area contributed by atoms with Gasteiger partial charge in [0.25, 0.3) is 6.01 Å². The number of fused-ring (bicyclic) bond motifs is 1. The molecule has 2 aliphatic rings. The summed E-state index contributed by atoms with van der Waals surface area (Å²) in [5.41, 5.74) is 2.16. The minimum Gasteiger partial charge on any atom is -0.462 e. The number of ether oxygens (including phenoxy) is 1. The first-order chi connectivity index (χ1) is 8.58. The lowest BCUT2D eigenvalue weighted by molar-refractivity contribution is 0.318. The minimum atomic E-state index is -0.137. The first kappa shape index (κ1) is 11.5. The van der Waals surface area contributed by atoms with Gasteiger partial charge in [-0.1, -0.05) is 13.8 Å². The van der Waals surface area contributed by atoms with Crippen molar-refractivity contribution in [2.75, 3.05) is 6.61 Å². The molecule has 0 amide bonds. The number of hydrogen-bond donors (Lipinski definition) is 0.